The van der Waals surface area contributed by atoms with Crippen molar-refractivity contribution in [2.45, 2.75) is 0 Å². The summed E-state index contributed by atoms with van der Waals surface area (Å²) in [6.45, 7) is 0. The van der Waals surface area contributed by atoms with Crippen molar-refractivity contribution < 1.29 is 132 Å². The third-order valence-electron chi connectivity index (χ3n) is 11.5. The monoisotopic (exact) mass is 1590 g/mol. The third kappa shape index (κ3) is 35.0. The maximum absolute atomic E-state index is 11.6. The van der Waals surface area contributed by atoms with Crippen LogP contribution in [0, 0.1) is 0 Å². The van der Waals surface area contributed by atoms with Gasteiger partial charge in [-0.15, -0.1) is 0 Å². The van der Waals surface area contributed by atoms with Crippen LogP contribution >= 0.6 is 46.9 Å². The Morgan fingerprint density at radius 2 is 0.194 bits per heavy atom. The Balaban J connectivity index is 0.000000194. The zero-order chi connectivity index (χ0) is 72.8. The number of para-hydroxylation sites is 12. The smallest absolute Gasteiger partial charge is 0.372 e. The number of hydrogen-bond acceptors (Lipinski definition) is 24. The minimum atomic E-state index is -4.39. The Bertz CT molecular complexity index is 3580. The second kappa shape index (κ2) is 42.5. The predicted octanol–water partition coefficient (Wildman–Crippen LogP) is 15.7. The van der Waals surface area contributed by atoms with Crippen LogP contribution in [0.15, 0.2) is 364 Å². The first kappa shape index (κ1) is 82.0. The van der Waals surface area contributed by atoms with Gasteiger partial charge >= 0.3 is 46.9 Å². The van der Waals surface area contributed by atoms with E-state index in [9.17, 15) is 56.8 Å². The molecule has 0 saturated carbocycles. The van der Waals surface area contributed by atoms with Crippen LogP contribution in [0.1, 0.15) is 0 Å². The van der Waals surface area contributed by atoms with Gasteiger partial charge in [0.2, 0.25) is 0 Å². The van der Waals surface area contributed by atoms with Gasteiger partial charge in [-0.25, -0.2) is 27.4 Å². The van der Waals surface area contributed by atoms with Crippen molar-refractivity contribution in [2.75, 3.05) is 0 Å². The van der Waals surface area contributed by atoms with E-state index in [1.165, 1.54) is 0 Å². The maximum atomic E-state index is 11.6. The fraction of sp³-hybridized carbons (Fsp3) is 0. The van der Waals surface area contributed by atoms with Crippen molar-refractivity contribution >= 4 is 46.9 Å². The molecule has 0 aliphatic rings. The molecule has 24 nitrogen and oxygen atoms in total. The molecule has 0 fully saturated rings. The summed E-state index contributed by atoms with van der Waals surface area (Å²) in [7, 11) is -26.3. The number of phosphoric acid groups is 6. The van der Waals surface area contributed by atoms with Crippen LogP contribution in [-0.4, -0.2) is 0 Å². The molecule has 31 heteroatoms. The van der Waals surface area contributed by atoms with E-state index >= 15 is 0 Å². The Morgan fingerprint density at radius 1 is 0.136 bits per heavy atom. The molecule has 0 N–H and O–H groups in total. The Hall–Kier alpha value is -9.93. The molecule has 0 aliphatic carbocycles. The molecule has 0 bridgehead atoms. The molecule has 12 rings (SSSR count). The van der Waals surface area contributed by atoms with E-state index in [4.69, 9.17) is 54.3 Å². The van der Waals surface area contributed by atoms with Gasteiger partial charge in [-0.2, -0.15) is 0 Å². The molecule has 0 aromatic heterocycles. The van der Waals surface area contributed by atoms with Crippen molar-refractivity contribution in [2.24, 2.45) is 0 Å². The zero-order valence-corrected chi connectivity index (χ0v) is 60.9. The third-order valence-corrected chi connectivity index (χ3v) is 16.7. The first-order valence-corrected chi connectivity index (χ1v) is 38.5. The fourth-order valence-electron chi connectivity index (χ4n) is 7.44. The molecule has 0 radical (unpaired) electrons. The first-order chi connectivity index (χ1) is 48.9. The molecule has 534 valence electrons. The van der Waals surface area contributed by atoms with Gasteiger partial charge in [0.15, 0.2) is 0 Å². The molecule has 0 heterocycles. The second-order valence-corrected chi connectivity index (χ2v) is 27.1. The number of phosphoric ester groups is 6. The van der Waals surface area contributed by atoms with E-state index < -0.39 is 46.9 Å². The molecule has 0 aliphatic heterocycles. The van der Waals surface area contributed by atoms with Gasteiger partial charge in [0.1, 0.15) is 69.0 Å². The average molecular weight is 1590 g/mol. The summed E-state index contributed by atoms with van der Waals surface area (Å²) in [5.74, 6) is 2.69. The van der Waals surface area contributed by atoms with Crippen LogP contribution in [0.25, 0.3) is 0 Å². The molecule has 0 amide bonds. The predicted molar refractivity (Wildman–Crippen MR) is 370 cm³/mol. The summed E-state index contributed by atoms with van der Waals surface area (Å²) >= 11 is 0. The van der Waals surface area contributed by atoms with Gasteiger partial charge in [0.05, 0.1) is 0 Å². The van der Waals surface area contributed by atoms with E-state index in [-0.39, 0.29) is 90.1 Å². The topological polar surface area (TPSA) is 352 Å². The first-order valence-electron chi connectivity index (χ1n) is 29.8. The minimum absolute atomic E-state index is 0. The van der Waals surface area contributed by atoms with E-state index in [2.05, 4.69) is 0 Å². The van der Waals surface area contributed by atoms with Crippen molar-refractivity contribution in [1.82, 2.24) is 0 Å². The average Bonchev–Trinajstić information content (AvgIpc) is 0.933. The molecule has 0 unspecified atom stereocenters. The molecule has 0 saturated heterocycles. The maximum Gasteiger partial charge on any atom is 0.372 e. The normalized spacial score (nSPS) is 10.8. The van der Waals surface area contributed by atoms with Crippen LogP contribution in [0.3, 0.4) is 0 Å². The number of hydrogen-bond donors (Lipinski definition) is 0. The quantitative estimate of drug-likeness (QED) is 0.0400. The van der Waals surface area contributed by atoms with Gasteiger partial charge in [0.25, 0.3) is 0 Å². The van der Waals surface area contributed by atoms with Crippen LogP contribution in [0.5, 0.6) is 69.0 Å². The van der Waals surface area contributed by atoms with Crippen LogP contribution in [-0.2, 0) is 48.5 Å². The zero-order valence-electron chi connectivity index (χ0n) is 53.5. The van der Waals surface area contributed by atoms with Crippen LogP contribution in [0.4, 0.5) is 0 Å². The molecule has 12 aromatic carbocycles. The van der Waals surface area contributed by atoms with E-state index in [0.717, 1.165) is 0 Å². The van der Waals surface area contributed by atoms with Gasteiger partial charge in [-0.05, 0) is 146 Å². The van der Waals surface area contributed by atoms with Crippen molar-refractivity contribution in [1.29, 1.82) is 0 Å². The molecule has 0 atom stereocenters. The summed E-state index contributed by atoms with van der Waals surface area (Å²) in [4.78, 5) is 69.3. The molecular formula is C72H60MoO24P6-6. The Morgan fingerprint density at radius 3 is 0.252 bits per heavy atom. The standard InChI is InChI=1S/6C12H11O4P.Mo/c6*13-17(14,15-11-7-3-1-4-8-11)16-12-9-5-2-6-10-12;/h6*1-10H,(H,13,14);/p-6. The number of rotatable bonds is 24. The molecule has 12 aromatic rings. The van der Waals surface area contributed by atoms with Gasteiger partial charge in [0, 0.05) is 21.1 Å². The van der Waals surface area contributed by atoms with Gasteiger partial charge < -0.3 is 83.6 Å². The van der Waals surface area contributed by atoms with Crippen molar-refractivity contribution in [3.63, 3.8) is 0 Å². The van der Waals surface area contributed by atoms with Crippen LogP contribution < -0.4 is 83.6 Å². The summed E-state index contributed by atoms with van der Waals surface area (Å²) in [5.41, 5.74) is 0. The minimum Gasteiger partial charge on any atom is -0.736 e. The Kier molecular flexibility index (Phi) is 33.8. The summed E-state index contributed by atoms with van der Waals surface area (Å²) < 4.78 is 127. The van der Waals surface area contributed by atoms with Crippen molar-refractivity contribution in [3.8, 4) is 69.0 Å². The Labute approximate surface area is 608 Å². The fourth-order valence-corrected chi connectivity index (χ4v) is 12.2. The van der Waals surface area contributed by atoms with Gasteiger partial charge in [-0.3, -0.25) is 0 Å². The van der Waals surface area contributed by atoms with Crippen LogP contribution in [0.2, 0.25) is 0 Å². The molecule has 103 heavy (non-hydrogen) atoms. The summed E-state index contributed by atoms with van der Waals surface area (Å²) in [6.07, 6.45) is 0. The van der Waals surface area contributed by atoms with E-state index in [0.29, 0.717) is 0 Å². The second-order valence-electron chi connectivity index (χ2n) is 19.5. The van der Waals surface area contributed by atoms with Gasteiger partial charge in [-0.1, -0.05) is 218 Å². The summed E-state index contributed by atoms with van der Waals surface area (Å²) in [6, 6.07) is 98.4. The molecule has 0 spiro atoms. The molecular weight excluding hydrogens is 1530 g/mol. The number of benzene rings is 12. The SMILES string of the molecule is O=P([O-])(Oc1ccccc1)Oc1ccccc1.O=P([O-])(Oc1ccccc1)Oc1ccccc1.O=P([O-])(Oc1ccccc1)Oc1ccccc1.O=P([O-])(Oc1ccccc1)Oc1ccccc1.O=P([O-])(Oc1ccccc1)Oc1ccccc1.O=P([O-])(Oc1ccccc1)Oc1ccccc1.[Mo]. The summed E-state index contributed by atoms with van der Waals surface area (Å²) in [5, 5.41) is 0. The van der Waals surface area contributed by atoms with E-state index in [1.807, 2.05) is 0 Å². The van der Waals surface area contributed by atoms with Crippen molar-refractivity contribution in [3.05, 3.63) is 364 Å². The van der Waals surface area contributed by atoms with E-state index in [1.54, 1.807) is 364 Å². The largest absolute Gasteiger partial charge is 0.736 e.